The second-order valence-corrected chi connectivity index (χ2v) is 3.69. The van der Waals surface area contributed by atoms with Crippen molar-refractivity contribution in [3.8, 4) is 0 Å². The van der Waals surface area contributed by atoms with E-state index in [1.807, 2.05) is 0 Å². The van der Waals surface area contributed by atoms with Crippen molar-refractivity contribution in [2.75, 3.05) is 18.9 Å². The number of hydrogen-bond donors (Lipinski definition) is 1. The van der Waals surface area contributed by atoms with Crippen LogP contribution < -0.4 is 5.73 Å². The molecule has 1 aliphatic rings. The van der Waals surface area contributed by atoms with Gasteiger partial charge in [-0.25, -0.2) is 9.78 Å². The molecule has 0 bridgehead atoms. The van der Waals surface area contributed by atoms with Crippen LogP contribution in [0.3, 0.4) is 0 Å². The molecule has 5 heteroatoms. The van der Waals surface area contributed by atoms with Gasteiger partial charge in [-0.05, 0) is 12.1 Å². The van der Waals surface area contributed by atoms with Crippen molar-refractivity contribution >= 4 is 11.7 Å². The van der Waals surface area contributed by atoms with E-state index in [0.717, 1.165) is 12.8 Å². The lowest BCUT2D eigenvalue weighted by molar-refractivity contribution is -0.0163. The number of hydrogen-bond acceptors (Lipinski definition) is 5. The number of rotatable bonds is 2. The third-order valence-corrected chi connectivity index (χ3v) is 2.44. The first-order chi connectivity index (χ1) is 7.75. The van der Waals surface area contributed by atoms with E-state index in [1.54, 1.807) is 12.1 Å². The van der Waals surface area contributed by atoms with Gasteiger partial charge in [0.25, 0.3) is 0 Å². The van der Waals surface area contributed by atoms with Crippen molar-refractivity contribution in [2.45, 2.75) is 18.9 Å². The number of nitrogens with two attached hydrogens (primary N) is 1. The minimum absolute atomic E-state index is 0.0550. The van der Waals surface area contributed by atoms with E-state index in [4.69, 9.17) is 15.2 Å². The van der Waals surface area contributed by atoms with Crippen LogP contribution in [-0.4, -0.2) is 30.3 Å². The Hall–Kier alpha value is -1.62. The molecule has 0 spiro atoms. The first-order valence-corrected chi connectivity index (χ1v) is 5.26. The summed E-state index contributed by atoms with van der Waals surface area (Å²) in [5, 5.41) is 0. The lowest BCUT2D eigenvalue weighted by Crippen LogP contribution is -2.26. The second-order valence-electron chi connectivity index (χ2n) is 3.69. The molecule has 0 aliphatic carbocycles. The Morgan fingerprint density at radius 1 is 1.44 bits per heavy atom. The molecule has 86 valence electrons. The molecule has 1 aromatic heterocycles. The zero-order valence-electron chi connectivity index (χ0n) is 8.89. The average molecular weight is 222 g/mol. The van der Waals surface area contributed by atoms with Gasteiger partial charge >= 0.3 is 5.97 Å². The quantitative estimate of drug-likeness (QED) is 0.755. The third-order valence-electron chi connectivity index (χ3n) is 2.44. The van der Waals surface area contributed by atoms with E-state index in [-0.39, 0.29) is 6.10 Å². The van der Waals surface area contributed by atoms with Gasteiger partial charge in [-0.2, -0.15) is 0 Å². The molecule has 16 heavy (non-hydrogen) atoms. The molecule has 1 aliphatic heterocycles. The summed E-state index contributed by atoms with van der Waals surface area (Å²) in [5.74, 6) is -0.396. The van der Waals surface area contributed by atoms with Crippen LogP contribution in [0.2, 0.25) is 0 Å². The molecule has 0 radical (unpaired) electrons. The fourth-order valence-electron chi connectivity index (χ4n) is 1.53. The largest absolute Gasteiger partial charge is 0.457 e. The van der Waals surface area contributed by atoms with Gasteiger partial charge < -0.3 is 15.2 Å². The molecule has 0 saturated carbocycles. The molecule has 0 amide bonds. The van der Waals surface area contributed by atoms with Crippen LogP contribution in [-0.2, 0) is 9.47 Å². The van der Waals surface area contributed by atoms with Gasteiger partial charge in [-0.3, -0.25) is 0 Å². The Balaban J connectivity index is 1.94. The molecule has 2 N–H and O–H groups in total. The number of carbonyl (C=O) groups excluding carboxylic acids is 1. The van der Waals surface area contributed by atoms with Crippen molar-refractivity contribution in [2.24, 2.45) is 0 Å². The fourth-order valence-corrected chi connectivity index (χ4v) is 1.53. The lowest BCUT2D eigenvalue weighted by Gasteiger charge is -2.21. The third kappa shape index (κ3) is 2.70. The highest BCUT2D eigenvalue weighted by Gasteiger charge is 2.19. The maximum Gasteiger partial charge on any atom is 0.357 e. The van der Waals surface area contributed by atoms with Crippen molar-refractivity contribution in [1.29, 1.82) is 0 Å². The van der Waals surface area contributed by atoms with E-state index in [0.29, 0.717) is 24.6 Å². The van der Waals surface area contributed by atoms with Gasteiger partial charge in [0.05, 0.1) is 25.1 Å². The molecule has 2 heterocycles. The highest BCUT2D eigenvalue weighted by Crippen LogP contribution is 2.13. The number of carbonyl (C=O) groups is 1. The fraction of sp³-hybridized carbons (Fsp3) is 0.455. The summed E-state index contributed by atoms with van der Waals surface area (Å²) in [6.45, 7) is 1.29. The van der Waals surface area contributed by atoms with E-state index >= 15 is 0 Å². The van der Waals surface area contributed by atoms with Crippen LogP contribution in [0, 0.1) is 0 Å². The first-order valence-electron chi connectivity index (χ1n) is 5.26. The van der Waals surface area contributed by atoms with Crippen LogP contribution in [0.25, 0.3) is 0 Å². The van der Waals surface area contributed by atoms with Gasteiger partial charge in [0, 0.05) is 12.8 Å². The number of esters is 1. The summed E-state index contributed by atoms with van der Waals surface area (Å²) in [5.41, 5.74) is 6.30. The standard InChI is InChI=1S/C11H14N2O3/c12-8-1-2-10(13-7-8)11(14)16-9-3-5-15-6-4-9/h1-2,7,9H,3-6,12H2. The predicted molar refractivity (Wildman–Crippen MR) is 57.9 cm³/mol. The Bertz CT molecular complexity index is 358. The summed E-state index contributed by atoms with van der Waals surface area (Å²) in [7, 11) is 0. The lowest BCUT2D eigenvalue weighted by atomic mass is 10.1. The number of anilines is 1. The van der Waals surface area contributed by atoms with Crippen LogP contribution in [0.4, 0.5) is 5.69 Å². The average Bonchev–Trinajstić information content (AvgIpc) is 2.31. The Labute approximate surface area is 93.6 Å². The molecule has 5 nitrogen and oxygen atoms in total. The summed E-state index contributed by atoms with van der Waals surface area (Å²) >= 11 is 0. The van der Waals surface area contributed by atoms with E-state index < -0.39 is 5.97 Å². The van der Waals surface area contributed by atoms with E-state index in [2.05, 4.69) is 4.98 Å². The van der Waals surface area contributed by atoms with E-state index in [1.165, 1.54) is 6.20 Å². The van der Waals surface area contributed by atoms with Crippen LogP contribution in [0.15, 0.2) is 18.3 Å². The Kier molecular flexibility index (Phi) is 3.36. The number of nitrogens with zero attached hydrogens (tertiary/aromatic N) is 1. The minimum Gasteiger partial charge on any atom is -0.457 e. The number of nitrogen functional groups attached to an aromatic ring is 1. The van der Waals surface area contributed by atoms with Crippen molar-refractivity contribution in [3.63, 3.8) is 0 Å². The SMILES string of the molecule is Nc1ccc(C(=O)OC2CCOCC2)nc1. The van der Waals surface area contributed by atoms with Gasteiger partial charge in [0.2, 0.25) is 0 Å². The zero-order valence-corrected chi connectivity index (χ0v) is 8.89. The number of aromatic nitrogens is 1. The topological polar surface area (TPSA) is 74.4 Å². The van der Waals surface area contributed by atoms with Gasteiger partial charge in [0.15, 0.2) is 0 Å². The normalized spacial score (nSPS) is 17.0. The Morgan fingerprint density at radius 2 is 2.19 bits per heavy atom. The summed E-state index contributed by atoms with van der Waals surface area (Å²) in [6.07, 6.45) is 2.89. The van der Waals surface area contributed by atoms with Gasteiger partial charge in [0.1, 0.15) is 11.8 Å². The minimum atomic E-state index is -0.396. The second kappa shape index (κ2) is 4.94. The van der Waals surface area contributed by atoms with Crippen molar-refractivity contribution in [1.82, 2.24) is 4.98 Å². The summed E-state index contributed by atoms with van der Waals surface area (Å²) in [6, 6.07) is 3.20. The highest BCUT2D eigenvalue weighted by molar-refractivity contribution is 5.87. The maximum atomic E-state index is 11.7. The summed E-state index contributed by atoms with van der Waals surface area (Å²) in [4.78, 5) is 15.6. The van der Waals surface area contributed by atoms with Crippen LogP contribution in [0.5, 0.6) is 0 Å². The van der Waals surface area contributed by atoms with Crippen LogP contribution in [0.1, 0.15) is 23.3 Å². The van der Waals surface area contributed by atoms with Crippen molar-refractivity contribution in [3.05, 3.63) is 24.0 Å². The van der Waals surface area contributed by atoms with Gasteiger partial charge in [-0.15, -0.1) is 0 Å². The highest BCUT2D eigenvalue weighted by atomic mass is 16.6. The predicted octanol–water partition coefficient (Wildman–Crippen LogP) is 1.000. The van der Waals surface area contributed by atoms with E-state index in [9.17, 15) is 4.79 Å². The molecule has 0 unspecified atom stereocenters. The number of pyridine rings is 1. The molecular weight excluding hydrogens is 208 g/mol. The maximum absolute atomic E-state index is 11.7. The molecule has 1 aromatic rings. The smallest absolute Gasteiger partial charge is 0.357 e. The van der Waals surface area contributed by atoms with Crippen molar-refractivity contribution < 1.29 is 14.3 Å². The monoisotopic (exact) mass is 222 g/mol. The van der Waals surface area contributed by atoms with Crippen LogP contribution >= 0.6 is 0 Å². The zero-order chi connectivity index (χ0) is 11.4. The van der Waals surface area contributed by atoms with Gasteiger partial charge in [-0.1, -0.05) is 0 Å². The molecule has 0 aromatic carbocycles. The molecular formula is C11H14N2O3. The number of ether oxygens (including phenoxy) is 2. The molecule has 2 rings (SSSR count). The Morgan fingerprint density at radius 3 is 2.81 bits per heavy atom. The molecule has 1 fully saturated rings. The molecule has 1 saturated heterocycles. The summed E-state index contributed by atoms with van der Waals surface area (Å²) < 4.78 is 10.5. The molecule has 0 atom stereocenters. The first kappa shape index (κ1) is 10.9.